The standard InChI is InChI=1S/C16H27NS/c1-4-6-7-15(17-12-5-2)13-18-16-10-8-14(3)9-11-16/h8-11,15,17H,4-7,12-13H2,1-3H3. The van der Waals surface area contributed by atoms with Crippen molar-refractivity contribution in [2.24, 2.45) is 0 Å². The normalized spacial score (nSPS) is 12.6. The van der Waals surface area contributed by atoms with Crippen LogP contribution < -0.4 is 5.32 Å². The molecule has 0 bridgehead atoms. The summed E-state index contributed by atoms with van der Waals surface area (Å²) in [6, 6.07) is 9.52. The maximum atomic E-state index is 3.67. The Morgan fingerprint density at radius 2 is 1.83 bits per heavy atom. The van der Waals surface area contributed by atoms with E-state index in [4.69, 9.17) is 0 Å². The molecule has 0 amide bonds. The third kappa shape index (κ3) is 6.46. The van der Waals surface area contributed by atoms with Crippen LogP contribution in [0.3, 0.4) is 0 Å². The second-order valence-electron chi connectivity index (χ2n) is 4.92. The second-order valence-corrected chi connectivity index (χ2v) is 6.01. The van der Waals surface area contributed by atoms with E-state index in [2.05, 4.69) is 50.4 Å². The van der Waals surface area contributed by atoms with Gasteiger partial charge in [-0.1, -0.05) is 44.4 Å². The average molecular weight is 265 g/mol. The summed E-state index contributed by atoms with van der Waals surface area (Å²) in [6.45, 7) is 7.78. The van der Waals surface area contributed by atoms with Crippen molar-refractivity contribution >= 4 is 11.8 Å². The zero-order valence-corrected chi connectivity index (χ0v) is 12.9. The lowest BCUT2D eigenvalue weighted by Crippen LogP contribution is -2.31. The minimum Gasteiger partial charge on any atom is -0.313 e. The molecule has 0 saturated heterocycles. The molecule has 18 heavy (non-hydrogen) atoms. The number of hydrogen-bond acceptors (Lipinski definition) is 2. The first-order valence-corrected chi connectivity index (χ1v) is 8.17. The molecule has 102 valence electrons. The van der Waals surface area contributed by atoms with E-state index in [1.54, 1.807) is 0 Å². The third-order valence-electron chi connectivity index (χ3n) is 3.06. The Bertz CT molecular complexity index is 299. The number of nitrogens with one attached hydrogen (secondary N) is 1. The van der Waals surface area contributed by atoms with E-state index < -0.39 is 0 Å². The molecule has 1 atom stereocenters. The highest BCUT2D eigenvalue weighted by Gasteiger charge is 2.07. The quantitative estimate of drug-likeness (QED) is 0.653. The minimum atomic E-state index is 0.663. The van der Waals surface area contributed by atoms with Gasteiger partial charge in [0.15, 0.2) is 0 Å². The van der Waals surface area contributed by atoms with Crippen molar-refractivity contribution in [2.75, 3.05) is 12.3 Å². The molecule has 0 fully saturated rings. The molecule has 1 N–H and O–H groups in total. The smallest absolute Gasteiger partial charge is 0.0161 e. The molecule has 0 saturated carbocycles. The number of aryl methyl sites for hydroxylation is 1. The molecular formula is C16H27NS. The summed E-state index contributed by atoms with van der Waals surface area (Å²) >= 11 is 1.98. The lowest BCUT2D eigenvalue weighted by molar-refractivity contribution is 0.501. The van der Waals surface area contributed by atoms with Crippen molar-refractivity contribution < 1.29 is 0 Å². The summed E-state index contributed by atoms with van der Waals surface area (Å²) in [7, 11) is 0. The van der Waals surface area contributed by atoms with E-state index in [-0.39, 0.29) is 0 Å². The minimum absolute atomic E-state index is 0.663. The Kier molecular flexibility index (Phi) is 8.19. The fourth-order valence-corrected chi connectivity index (χ4v) is 2.88. The van der Waals surface area contributed by atoms with Gasteiger partial charge in [0.1, 0.15) is 0 Å². The highest BCUT2D eigenvalue weighted by Crippen LogP contribution is 2.20. The maximum absolute atomic E-state index is 3.67. The fraction of sp³-hybridized carbons (Fsp3) is 0.625. The Hall–Kier alpha value is -0.470. The van der Waals surface area contributed by atoms with E-state index in [0.29, 0.717) is 6.04 Å². The van der Waals surface area contributed by atoms with Crippen molar-refractivity contribution in [1.29, 1.82) is 0 Å². The van der Waals surface area contributed by atoms with E-state index in [0.717, 1.165) is 6.54 Å². The monoisotopic (exact) mass is 265 g/mol. The van der Waals surface area contributed by atoms with Gasteiger partial charge >= 0.3 is 0 Å². The number of unbranched alkanes of at least 4 members (excludes halogenated alkanes) is 1. The fourth-order valence-electron chi connectivity index (χ4n) is 1.87. The van der Waals surface area contributed by atoms with E-state index in [1.165, 1.54) is 41.9 Å². The summed E-state index contributed by atoms with van der Waals surface area (Å²) in [5, 5.41) is 3.67. The van der Waals surface area contributed by atoms with Crippen LogP contribution in [0.1, 0.15) is 45.1 Å². The molecule has 1 aromatic rings. The number of rotatable bonds is 9. The Balaban J connectivity index is 2.37. The van der Waals surface area contributed by atoms with Crippen LogP contribution in [0.2, 0.25) is 0 Å². The van der Waals surface area contributed by atoms with Gasteiger partial charge in [0.25, 0.3) is 0 Å². The first-order valence-electron chi connectivity index (χ1n) is 7.19. The summed E-state index contributed by atoms with van der Waals surface area (Å²) in [4.78, 5) is 1.39. The number of benzene rings is 1. The van der Waals surface area contributed by atoms with Crippen LogP contribution in [0, 0.1) is 6.92 Å². The first-order chi connectivity index (χ1) is 8.76. The molecule has 0 heterocycles. The Labute approximate surface area is 117 Å². The van der Waals surface area contributed by atoms with Gasteiger partial charge in [-0.2, -0.15) is 0 Å². The molecule has 1 unspecified atom stereocenters. The number of thioether (sulfide) groups is 1. The van der Waals surface area contributed by atoms with Crippen LogP contribution in [0.4, 0.5) is 0 Å². The van der Waals surface area contributed by atoms with Crippen molar-refractivity contribution in [3.8, 4) is 0 Å². The largest absolute Gasteiger partial charge is 0.313 e. The highest BCUT2D eigenvalue weighted by atomic mass is 32.2. The van der Waals surface area contributed by atoms with Crippen molar-refractivity contribution in [3.63, 3.8) is 0 Å². The third-order valence-corrected chi connectivity index (χ3v) is 4.24. The zero-order valence-electron chi connectivity index (χ0n) is 12.0. The molecule has 1 aromatic carbocycles. The van der Waals surface area contributed by atoms with Gasteiger partial charge in [-0.25, -0.2) is 0 Å². The van der Waals surface area contributed by atoms with Gasteiger partial charge in [-0.05, 0) is 38.4 Å². The summed E-state index contributed by atoms with van der Waals surface area (Å²) in [6.07, 6.45) is 5.14. The van der Waals surface area contributed by atoms with Gasteiger partial charge in [-0.15, -0.1) is 11.8 Å². The first kappa shape index (κ1) is 15.6. The lowest BCUT2D eigenvalue weighted by atomic mass is 10.1. The molecule has 0 aliphatic carbocycles. The molecule has 0 aliphatic rings. The molecule has 0 aliphatic heterocycles. The van der Waals surface area contributed by atoms with Gasteiger partial charge in [0.2, 0.25) is 0 Å². The van der Waals surface area contributed by atoms with Crippen molar-refractivity contribution in [3.05, 3.63) is 29.8 Å². The average Bonchev–Trinajstić information content (AvgIpc) is 2.40. The second kappa shape index (κ2) is 9.46. The predicted molar refractivity (Wildman–Crippen MR) is 83.5 cm³/mol. The van der Waals surface area contributed by atoms with Gasteiger partial charge < -0.3 is 5.32 Å². The highest BCUT2D eigenvalue weighted by molar-refractivity contribution is 7.99. The van der Waals surface area contributed by atoms with E-state index in [9.17, 15) is 0 Å². The van der Waals surface area contributed by atoms with Crippen LogP contribution in [0.5, 0.6) is 0 Å². The van der Waals surface area contributed by atoms with Crippen LogP contribution in [-0.2, 0) is 0 Å². The lowest BCUT2D eigenvalue weighted by Gasteiger charge is -2.17. The van der Waals surface area contributed by atoms with Crippen LogP contribution in [0.15, 0.2) is 29.2 Å². The van der Waals surface area contributed by atoms with E-state index in [1.807, 2.05) is 11.8 Å². The summed E-state index contributed by atoms with van der Waals surface area (Å²) in [5.41, 5.74) is 1.34. The molecular weight excluding hydrogens is 238 g/mol. The number of hydrogen-bond donors (Lipinski definition) is 1. The molecule has 2 heteroatoms. The van der Waals surface area contributed by atoms with Crippen LogP contribution >= 0.6 is 11.8 Å². The maximum Gasteiger partial charge on any atom is 0.0161 e. The molecule has 1 nitrogen and oxygen atoms in total. The Morgan fingerprint density at radius 3 is 2.44 bits per heavy atom. The van der Waals surface area contributed by atoms with Gasteiger partial charge in [-0.3, -0.25) is 0 Å². The van der Waals surface area contributed by atoms with Crippen LogP contribution in [0.25, 0.3) is 0 Å². The zero-order chi connectivity index (χ0) is 13.2. The summed E-state index contributed by atoms with van der Waals surface area (Å²) in [5.74, 6) is 1.18. The van der Waals surface area contributed by atoms with Gasteiger partial charge in [0, 0.05) is 16.7 Å². The molecule has 0 radical (unpaired) electrons. The predicted octanol–water partition coefficient (Wildman–Crippen LogP) is 4.65. The molecule has 0 aromatic heterocycles. The Morgan fingerprint density at radius 1 is 1.11 bits per heavy atom. The topological polar surface area (TPSA) is 12.0 Å². The SMILES string of the molecule is CCCCC(CSc1ccc(C)cc1)NCCC. The molecule has 1 rings (SSSR count). The summed E-state index contributed by atoms with van der Waals surface area (Å²) < 4.78 is 0. The van der Waals surface area contributed by atoms with E-state index >= 15 is 0 Å². The van der Waals surface area contributed by atoms with Crippen LogP contribution in [-0.4, -0.2) is 18.3 Å². The van der Waals surface area contributed by atoms with Crippen molar-refractivity contribution in [1.82, 2.24) is 5.32 Å². The van der Waals surface area contributed by atoms with Crippen molar-refractivity contribution in [2.45, 2.75) is 57.4 Å². The van der Waals surface area contributed by atoms with Gasteiger partial charge in [0.05, 0.1) is 0 Å². The molecule has 0 spiro atoms.